The van der Waals surface area contributed by atoms with Gasteiger partial charge in [0.1, 0.15) is 5.75 Å². The number of hydrogen-bond acceptors (Lipinski definition) is 4. The summed E-state index contributed by atoms with van der Waals surface area (Å²) in [6, 6.07) is 17.3. The van der Waals surface area contributed by atoms with Crippen LogP contribution in [0.25, 0.3) is 11.3 Å². The molecule has 2 N–H and O–H groups in total. The Morgan fingerprint density at radius 3 is 2.57 bits per heavy atom. The number of halogens is 1. The van der Waals surface area contributed by atoms with Crippen molar-refractivity contribution >= 4 is 23.4 Å². The van der Waals surface area contributed by atoms with Crippen molar-refractivity contribution in [2.45, 2.75) is 5.16 Å². The Morgan fingerprint density at radius 2 is 1.83 bits per heavy atom. The van der Waals surface area contributed by atoms with Crippen LogP contribution in [0.2, 0.25) is 5.02 Å². The Bertz CT molecular complexity index is 759. The quantitative estimate of drug-likeness (QED) is 0.415. The molecule has 0 bridgehead atoms. The highest BCUT2D eigenvalue weighted by molar-refractivity contribution is 7.99. The lowest BCUT2D eigenvalue weighted by molar-refractivity contribution is 0.344. The maximum absolute atomic E-state index is 5.97. The highest BCUT2D eigenvalue weighted by Gasteiger charge is 2.08. The summed E-state index contributed by atoms with van der Waals surface area (Å²) < 4.78 is 7.21. The van der Waals surface area contributed by atoms with E-state index in [4.69, 9.17) is 22.2 Å². The maximum Gasteiger partial charge on any atom is 0.187 e. The average molecular weight is 346 g/mol. The van der Waals surface area contributed by atoms with Crippen molar-refractivity contribution in [3.8, 4) is 17.0 Å². The van der Waals surface area contributed by atoms with Crippen LogP contribution in [0.5, 0.6) is 5.75 Å². The van der Waals surface area contributed by atoms with Crippen LogP contribution in [0.1, 0.15) is 0 Å². The summed E-state index contributed by atoms with van der Waals surface area (Å²) in [5, 5.41) is 1.47. The lowest BCUT2D eigenvalue weighted by Crippen LogP contribution is -2.09. The summed E-state index contributed by atoms with van der Waals surface area (Å²) in [5.41, 5.74) is 1.92. The molecule has 0 fully saturated rings. The van der Waals surface area contributed by atoms with Gasteiger partial charge in [-0.1, -0.05) is 53.7 Å². The molecule has 0 unspecified atom stereocenters. The van der Waals surface area contributed by atoms with Gasteiger partial charge in [-0.3, -0.25) is 0 Å². The highest BCUT2D eigenvalue weighted by Crippen LogP contribution is 2.23. The third-order valence-corrected chi connectivity index (χ3v) is 4.35. The normalized spacial score (nSPS) is 10.7. The zero-order chi connectivity index (χ0) is 16.1. The van der Waals surface area contributed by atoms with Crippen LogP contribution in [0.15, 0.2) is 66.0 Å². The number of hydrogen-bond donors (Lipinski definition) is 1. The number of thioether (sulfide) groups is 1. The van der Waals surface area contributed by atoms with E-state index in [1.165, 1.54) is 0 Å². The fourth-order valence-electron chi connectivity index (χ4n) is 2.05. The summed E-state index contributed by atoms with van der Waals surface area (Å²) in [5.74, 6) is 7.52. The molecule has 23 heavy (non-hydrogen) atoms. The molecule has 4 nitrogen and oxygen atoms in total. The predicted octanol–water partition coefficient (Wildman–Crippen LogP) is 4.09. The first kappa shape index (κ1) is 15.8. The van der Waals surface area contributed by atoms with E-state index in [9.17, 15) is 0 Å². The van der Waals surface area contributed by atoms with E-state index in [-0.39, 0.29) is 0 Å². The Kier molecular flexibility index (Phi) is 5.10. The van der Waals surface area contributed by atoms with E-state index >= 15 is 0 Å². The molecule has 0 aliphatic carbocycles. The van der Waals surface area contributed by atoms with Gasteiger partial charge >= 0.3 is 0 Å². The topological polar surface area (TPSA) is 53.1 Å². The van der Waals surface area contributed by atoms with Crippen molar-refractivity contribution in [2.75, 3.05) is 18.2 Å². The van der Waals surface area contributed by atoms with Gasteiger partial charge < -0.3 is 10.6 Å². The van der Waals surface area contributed by atoms with E-state index in [0.717, 1.165) is 27.9 Å². The van der Waals surface area contributed by atoms with Crippen LogP contribution >= 0.6 is 23.4 Å². The first-order valence-corrected chi connectivity index (χ1v) is 8.50. The van der Waals surface area contributed by atoms with Crippen LogP contribution in [0, 0.1) is 0 Å². The molecule has 0 aliphatic rings. The van der Waals surface area contributed by atoms with Crippen LogP contribution in [-0.2, 0) is 0 Å². The van der Waals surface area contributed by atoms with Crippen LogP contribution in [-0.4, -0.2) is 22.0 Å². The molecule has 6 heteroatoms. The molecule has 0 atom stereocenters. The Balaban J connectivity index is 1.54. The van der Waals surface area contributed by atoms with E-state index in [2.05, 4.69) is 4.98 Å². The van der Waals surface area contributed by atoms with E-state index < -0.39 is 0 Å². The van der Waals surface area contributed by atoms with Gasteiger partial charge in [0.15, 0.2) is 5.16 Å². The van der Waals surface area contributed by atoms with Crippen molar-refractivity contribution in [3.63, 3.8) is 0 Å². The van der Waals surface area contributed by atoms with Gasteiger partial charge in [-0.15, -0.1) is 0 Å². The molecular weight excluding hydrogens is 330 g/mol. The monoisotopic (exact) mass is 345 g/mol. The first-order valence-electron chi connectivity index (χ1n) is 7.13. The number of ether oxygens (including phenoxy) is 1. The summed E-state index contributed by atoms with van der Waals surface area (Å²) >= 11 is 7.40. The Labute approximate surface area is 144 Å². The number of nitrogen functional groups attached to an aromatic ring is 1. The standard InChI is InChI=1S/C17H16ClN3OS/c18-14-6-8-15(9-7-14)22-10-11-23-17-20-16(12-21(17)19)13-4-2-1-3-5-13/h1-9,12H,10-11,19H2. The number of benzene rings is 2. The highest BCUT2D eigenvalue weighted by atomic mass is 35.5. The molecule has 1 heterocycles. The second-order valence-electron chi connectivity index (χ2n) is 4.83. The molecule has 1 aromatic heterocycles. The van der Waals surface area contributed by atoms with Crippen molar-refractivity contribution in [2.24, 2.45) is 0 Å². The van der Waals surface area contributed by atoms with Crippen molar-refractivity contribution in [3.05, 3.63) is 65.8 Å². The fourth-order valence-corrected chi connectivity index (χ4v) is 2.89. The predicted molar refractivity (Wildman–Crippen MR) is 95.5 cm³/mol. The molecule has 3 aromatic rings. The van der Waals surface area contributed by atoms with Crippen LogP contribution in [0.4, 0.5) is 0 Å². The van der Waals surface area contributed by atoms with Gasteiger partial charge in [0.25, 0.3) is 0 Å². The lowest BCUT2D eigenvalue weighted by atomic mass is 10.2. The number of rotatable bonds is 6. The van der Waals surface area contributed by atoms with Gasteiger partial charge in [-0.2, -0.15) is 0 Å². The number of nitrogens with two attached hydrogens (primary N) is 1. The Hall–Kier alpha value is -2.11. The molecule has 118 valence electrons. The summed E-state index contributed by atoms with van der Waals surface area (Å²) in [7, 11) is 0. The zero-order valence-electron chi connectivity index (χ0n) is 12.4. The number of nitrogens with zero attached hydrogens (tertiary/aromatic N) is 2. The minimum absolute atomic E-state index is 0.569. The lowest BCUT2D eigenvalue weighted by Gasteiger charge is -2.05. The molecule has 2 aromatic carbocycles. The maximum atomic E-state index is 5.97. The molecular formula is C17H16ClN3OS. The zero-order valence-corrected chi connectivity index (χ0v) is 13.9. The second kappa shape index (κ2) is 7.44. The summed E-state index contributed by atoms with van der Waals surface area (Å²) in [6.07, 6.45) is 1.83. The largest absolute Gasteiger partial charge is 0.493 e. The van der Waals surface area contributed by atoms with E-state index in [1.54, 1.807) is 16.4 Å². The summed E-state index contributed by atoms with van der Waals surface area (Å²) in [4.78, 5) is 4.56. The van der Waals surface area contributed by atoms with E-state index in [1.807, 2.05) is 60.8 Å². The molecule has 0 spiro atoms. The van der Waals surface area contributed by atoms with E-state index in [0.29, 0.717) is 11.6 Å². The molecule has 0 saturated carbocycles. The van der Waals surface area contributed by atoms with Crippen molar-refractivity contribution in [1.29, 1.82) is 0 Å². The Morgan fingerprint density at radius 1 is 1.09 bits per heavy atom. The third-order valence-electron chi connectivity index (χ3n) is 3.16. The van der Waals surface area contributed by atoms with Crippen molar-refractivity contribution < 1.29 is 4.74 Å². The smallest absolute Gasteiger partial charge is 0.187 e. The first-order chi connectivity index (χ1) is 11.2. The van der Waals surface area contributed by atoms with Gasteiger partial charge in [-0.05, 0) is 24.3 Å². The number of imidazole rings is 1. The molecule has 0 radical (unpaired) electrons. The minimum Gasteiger partial charge on any atom is -0.493 e. The fraction of sp³-hybridized carbons (Fsp3) is 0.118. The molecule has 0 amide bonds. The third kappa shape index (κ3) is 4.21. The van der Waals surface area contributed by atoms with Crippen LogP contribution in [0.3, 0.4) is 0 Å². The molecule has 3 rings (SSSR count). The molecule has 0 saturated heterocycles. The van der Waals surface area contributed by atoms with Crippen LogP contribution < -0.4 is 10.6 Å². The van der Waals surface area contributed by atoms with Crippen molar-refractivity contribution in [1.82, 2.24) is 9.66 Å². The van der Waals surface area contributed by atoms with Gasteiger partial charge in [0, 0.05) is 16.3 Å². The average Bonchev–Trinajstić information content (AvgIpc) is 2.95. The molecule has 0 aliphatic heterocycles. The van der Waals surface area contributed by atoms with Gasteiger partial charge in [0.05, 0.1) is 18.5 Å². The minimum atomic E-state index is 0.569. The van der Waals surface area contributed by atoms with Gasteiger partial charge in [-0.25, -0.2) is 9.66 Å². The SMILES string of the molecule is Nn1cc(-c2ccccc2)nc1SCCOc1ccc(Cl)cc1. The number of aromatic nitrogens is 2. The van der Waals surface area contributed by atoms with Gasteiger partial charge in [0.2, 0.25) is 0 Å². The second-order valence-corrected chi connectivity index (χ2v) is 6.33. The summed E-state index contributed by atoms with van der Waals surface area (Å²) in [6.45, 7) is 0.569.